The molecule has 1 saturated carbocycles. The summed E-state index contributed by atoms with van der Waals surface area (Å²) in [6.45, 7) is 0. The zero-order chi connectivity index (χ0) is 12.3. The van der Waals surface area contributed by atoms with Gasteiger partial charge in [0.15, 0.2) is 0 Å². The van der Waals surface area contributed by atoms with Crippen molar-refractivity contribution in [2.45, 2.75) is 30.9 Å². The van der Waals surface area contributed by atoms with Gasteiger partial charge >= 0.3 is 5.97 Å². The Morgan fingerprint density at radius 3 is 2.94 bits per heavy atom. The highest BCUT2D eigenvalue weighted by molar-refractivity contribution is 7.80. The maximum atomic E-state index is 11.2. The Kier molecular flexibility index (Phi) is 3.99. The normalized spacial score (nSPS) is 28.9. The van der Waals surface area contributed by atoms with Gasteiger partial charge in [-0.05, 0) is 31.6 Å². The van der Waals surface area contributed by atoms with E-state index in [4.69, 9.17) is 0 Å². The van der Waals surface area contributed by atoms with Gasteiger partial charge in [-0.1, -0.05) is 0 Å². The average Bonchev–Trinajstić information content (AvgIpc) is 2.32. The highest BCUT2D eigenvalue weighted by Crippen LogP contribution is 2.34. The average molecular weight is 252 g/mol. The number of thiol groups is 1. The molecule has 1 heterocycles. The summed E-state index contributed by atoms with van der Waals surface area (Å²) in [5.74, 6) is -0.849. The summed E-state index contributed by atoms with van der Waals surface area (Å²) in [4.78, 5) is 19.5. The Hall–Kier alpha value is -1.10. The highest BCUT2D eigenvalue weighted by atomic mass is 32.1. The number of aromatic nitrogens is 2. The molecule has 0 bridgehead atoms. The summed E-state index contributed by atoms with van der Waals surface area (Å²) in [6, 6.07) is 0. The first-order valence-corrected chi connectivity index (χ1v) is 6.34. The number of hydrogen-bond acceptors (Lipinski definition) is 4. The van der Waals surface area contributed by atoms with Crippen molar-refractivity contribution in [1.29, 1.82) is 0 Å². The van der Waals surface area contributed by atoms with Gasteiger partial charge in [0.25, 0.3) is 0 Å². The monoisotopic (exact) mass is 252 g/mol. The molecule has 1 aliphatic carbocycles. The number of carbonyl (C=O) groups is 1. The fourth-order valence-electron chi connectivity index (χ4n) is 2.46. The smallest absolute Gasteiger partial charge is 0.306 e. The molecule has 1 aliphatic rings. The molecule has 92 valence electrons. The lowest BCUT2D eigenvalue weighted by Crippen LogP contribution is -2.32. The summed E-state index contributed by atoms with van der Waals surface area (Å²) in [7, 11) is 0. The van der Waals surface area contributed by atoms with E-state index in [-0.39, 0.29) is 17.1 Å². The van der Waals surface area contributed by atoms with Gasteiger partial charge in [-0.25, -0.2) is 0 Å². The maximum absolute atomic E-state index is 11.2. The molecule has 17 heavy (non-hydrogen) atoms. The van der Waals surface area contributed by atoms with Gasteiger partial charge in [-0.15, -0.1) is 0 Å². The second-order valence-electron chi connectivity index (χ2n) is 4.57. The zero-order valence-corrected chi connectivity index (χ0v) is 10.4. The summed E-state index contributed by atoms with van der Waals surface area (Å²) in [5, 5.41) is 9.45. The summed E-state index contributed by atoms with van der Waals surface area (Å²) in [6.07, 6.45) is 8.23. The van der Waals surface area contributed by atoms with E-state index in [1.807, 2.05) is 0 Å². The van der Waals surface area contributed by atoms with Gasteiger partial charge in [-0.2, -0.15) is 12.6 Å². The summed E-state index contributed by atoms with van der Waals surface area (Å²) < 4.78 is 0. The molecule has 1 aromatic heterocycles. The highest BCUT2D eigenvalue weighted by Gasteiger charge is 2.34. The van der Waals surface area contributed by atoms with Crippen LogP contribution in [0.5, 0.6) is 0 Å². The SMILES string of the molecule is O=C(O)C1CC(S)CCC1Cc1cnccn1. The first-order valence-electron chi connectivity index (χ1n) is 5.82. The van der Waals surface area contributed by atoms with Crippen molar-refractivity contribution in [2.24, 2.45) is 11.8 Å². The van der Waals surface area contributed by atoms with E-state index >= 15 is 0 Å². The minimum absolute atomic E-state index is 0.160. The lowest BCUT2D eigenvalue weighted by atomic mass is 9.76. The molecule has 1 fully saturated rings. The molecule has 2 rings (SSSR count). The van der Waals surface area contributed by atoms with E-state index in [1.54, 1.807) is 18.6 Å². The second-order valence-corrected chi connectivity index (χ2v) is 5.30. The van der Waals surface area contributed by atoms with Gasteiger partial charge in [0, 0.05) is 23.8 Å². The van der Waals surface area contributed by atoms with Crippen LogP contribution in [0.25, 0.3) is 0 Å². The van der Waals surface area contributed by atoms with Crippen molar-refractivity contribution < 1.29 is 9.90 Å². The molecule has 1 N–H and O–H groups in total. The first-order chi connectivity index (χ1) is 8.16. The number of rotatable bonds is 3. The summed E-state index contributed by atoms with van der Waals surface area (Å²) >= 11 is 4.39. The van der Waals surface area contributed by atoms with Gasteiger partial charge in [-0.3, -0.25) is 14.8 Å². The predicted molar refractivity (Wildman–Crippen MR) is 67.0 cm³/mol. The van der Waals surface area contributed by atoms with Gasteiger partial charge < -0.3 is 5.11 Å². The van der Waals surface area contributed by atoms with Crippen LogP contribution in [0, 0.1) is 11.8 Å². The molecule has 3 atom stereocenters. The number of carboxylic acid groups (broad SMARTS) is 1. The maximum Gasteiger partial charge on any atom is 0.306 e. The third kappa shape index (κ3) is 3.19. The van der Waals surface area contributed by atoms with Crippen LogP contribution in [-0.2, 0) is 11.2 Å². The number of carboxylic acids is 1. The molecule has 1 aromatic rings. The van der Waals surface area contributed by atoms with Crippen LogP contribution in [0.4, 0.5) is 0 Å². The van der Waals surface area contributed by atoms with Crippen molar-refractivity contribution in [3.63, 3.8) is 0 Å². The Morgan fingerprint density at radius 1 is 1.47 bits per heavy atom. The molecule has 0 amide bonds. The first kappa shape index (κ1) is 12.4. The standard InChI is InChI=1S/C12H16N2O2S/c15-12(16)11-6-10(17)2-1-8(11)5-9-7-13-3-4-14-9/h3-4,7-8,10-11,17H,1-2,5-6H2,(H,15,16). The van der Waals surface area contributed by atoms with Crippen molar-refractivity contribution in [1.82, 2.24) is 9.97 Å². The quantitative estimate of drug-likeness (QED) is 0.805. The lowest BCUT2D eigenvalue weighted by molar-refractivity contribution is -0.144. The fourth-order valence-corrected chi connectivity index (χ4v) is 2.84. The summed E-state index contributed by atoms with van der Waals surface area (Å²) in [5.41, 5.74) is 0.876. The van der Waals surface area contributed by atoms with E-state index in [0.29, 0.717) is 12.8 Å². The van der Waals surface area contributed by atoms with Crippen LogP contribution in [0.2, 0.25) is 0 Å². The van der Waals surface area contributed by atoms with E-state index in [9.17, 15) is 9.90 Å². The minimum Gasteiger partial charge on any atom is -0.481 e. The van der Waals surface area contributed by atoms with Crippen molar-refractivity contribution in [3.8, 4) is 0 Å². The van der Waals surface area contributed by atoms with Gasteiger partial charge in [0.05, 0.1) is 11.6 Å². The molecular weight excluding hydrogens is 236 g/mol. The van der Waals surface area contributed by atoms with E-state index in [1.165, 1.54) is 0 Å². The third-order valence-corrected chi connectivity index (χ3v) is 3.84. The van der Waals surface area contributed by atoms with Crippen LogP contribution < -0.4 is 0 Å². The van der Waals surface area contributed by atoms with Crippen LogP contribution in [-0.4, -0.2) is 26.3 Å². The predicted octanol–water partition coefficient (Wildman–Crippen LogP) is 1.82. The Labute approximate surface area is 106 Å². The Balaban J connectivity index is 2.06. The Bertz CT molecular complexity index is 385. The number of aliphatic carboxylic acids is 1. The van der Waals surface area contributed by atoms with Crippen LogP contribution in [0.15, 0.2) is 18.6 Å². The van der Waals surface area contributed by atoms with E-state index < -0.39 is 5.97 Å². The number of nitrogens with zero attached hydrogens (tertiary/aromatic N) is 2. The topological polar surface area (TPSA) is 63.1 Å². The molecule has 5 heteroatoms. The van der Waals surface area contributed by atoms with Gasteiger partial charge in [0.1, 0.15) is 0 Å². The molecule has 0 aromatic carbocycles. The second kappa shape index (κ2) is 5.49. The number of hydrogen-bond donors (Lipinski definition) is 2. The largest absolute Gasteiger partial charge is 0.481 e. The molecule has 0 spiro atoms. The molecule has 3 unspecified atom stereocenters. The minimum atomic E-state index is -0.711. The Morgan fingerprint density at radius 2 is 2.29 bits per heavy atom. The molecule has 0 saturated heterocycles. The van der Waals surface area contributed by atoms with E-state index in [0.717, 1.165) is 18.5 Å². The zero-order valence-electron chi connectivity index (χ0n) is 9.49. The van der Waals surface area contributed by atoms with Crippen LogP contribution >= 0.6 is 12.6 Å². The molecule has 0 radical (unpaired) electrons. The van der Waals surface area contributed by atoms with E-state index in [2.05, 4.69) is 22.6 Å². The molecule has 0 aliphatic heterocycles. The molecule has 4 nitrogen and oxygen atoms in total. The van der Waals surface area contributed by atoms with Crippen molar-refractivity contribution in [3.05, 3.63) is 24.3 Å². The van der Waals surface area contributed by atoms with Crippen molar-refractivity contribution >= 4 is 18.6 Å². The fraction of sp³-hybridized carbons (Fsp3) is 0.583. The lowest BCUT2D eigenvalue weighted by Gasteiger charge is -2.31. The van der Waals surface area contributed by atoms with Gasteiger partial charge in [0.2, 0.25) is 0 Å². The van der Waals surface area contributed by atoms with Crippen LogP contribution in [0.3, 0.4) is 0 Å². The van der Waals surface area contributed by atoms with Crippen LogP contribution in [0.1, 0.15) is 25.0 Å². The van der Waals surface area contributed by atoms with Crippen molar-refractivity contribution in [2.75, 3.05) is 0 Å². The molecular formula is C12H16N2O2S. The third-order valence-electron chi connectivity index (χ3n) is 3.37.